The molecule has 0 aliphatic carbocycles. The predicted octanol–water partition coefficient (Wildman–Crippen LogP) is 3.25. The summed E-state index contributed by atoms with van der Waals surface area (Å²) in [6, 6.07) is 0. The molecule has 0 aromatic heterocycles. The molecular formula is C19H4F4S. The smallest absolute Gasteiger partial charge is 0.176 e. The van der Waals surface area contributed by atoms with Gasteiger partial charge in [-0.1, -0.05) is 0 Å². The van der Waals surface area contributed by atoms with E-state index in [2.05, 4.69) is 64.5 Å². The van der Waals surface area contributed by atoms with E-state index in [1.165, 1.54) is 0 Å². The van der Waals surface area contributed by atoms with Crippen LogP contribution >= 0.6 is 11.8 Å². The quantitative estimate of drug-likeness (QED) is 0.327. The van der Waals surface area contributed by atoms with Gasteiger partial charge in [0.2, 0.25) is 0 Å². The van der Waals surface area contributed by atoms with E-state index in [1.807, 2.05) is 0 Å². The maximum absolute atomic E-state index is 13.5. The summed E-state index contributed by atoms with van der Waals surface area (Å²) >= 11 is 0.281. The van der Waals surface area contributed by atoms with E-state index >= 15 is 0 Å². The van der Waals surface area contributed by atoms with E-state index < -0.39 is 33.7 Å². The molecule has 5 heteroatoms. The van der Waals surface area contributed by atoms with Crippen molar-refractivity contribution < 1.29 is 17.6 Å². The maximum Gasteiger partial charge on any atom is 0.176 e. The Labute approximate surface area is 141 Å². The van der Waals surface area contributed by atoms with Gasteiger partial charge in [0.1, 0.15) is 0 Å². The van der Waals surface area contributed by atoms with Gasteiger partial charge in [-0.3, -0.25) is 0 Å². The van der Waals surface area contributed by atoms with Crippen molar-refractivity contribution in [3.8, 4) is 70.9 Å². The highest BCUT2D eigenvalue weighted by Gasteiger charge is 2.22. The van der Waals surface area contributed by atoms with Crippen LogP contribution in [0, 0.1) is 101 Å². The molecule has 114 valence electrons. The number of hydrogen-bond donors (Lipinski definition) is 0. The minimum absolute atomic E-state index is 0.281. The molecule has 0 atom stereocenters. The summed E-state index contributed by atoms with van der Waals surface area (Å²) in [4.78, 5) is -0.867. The number of halogens is 4. The molecule has 0 N–H and O–H groups in total. The average Bonchev–Trinajstić information content (AvgIpc) is 2.58. The van der Waals surface area contributed by atoms with Crippen molar-refractivity contribution in [1.82, 2.24) is 0 Å². The first-order chi connectivity index (χ1) is 11.5. The van der Waals surface area contributed by atoms with Crippen LogP contribution in [0.25, 0.3) is 0 Å². The van der Waals surface area contributed by atoms with Crippen LogP contribution in [0.4, 0.5) is 17.6 Å². The standard InChI is InChI=1S/C19H4F4S/c1-3-4-5-6-7-8-9-10-11-12-13-24-19-17(22)15(20)14(2)16(21)18(19)23/h1H,2H3. The first kappa shape index (κ1) is 18.7. The first-order valence-electron chi connectivity index (χ1n) is 5.95. The Hall–Kier alpha value is -3.35. The molecule has 0 unspecified atom stereocenters. The zero-order valence-corrected chi connectivity index (χ0v) is 12.8. The topological polar surface area (TPSA) is 0 Å². The van der Waals surface area contributed by atoms with Crippen LogP contribution in [0.3, 0.4) is 0 Å². The van der Waals surface area contributed by atoms with Crippen LogP contribution < -0.4 is 0 Å². The Morgan fingerprint density at radius 3 is 1.54 bits per heavy atom. The van der Waals surface area contributed by atoms with Crippen molar-refractivity contribution in [3.05, 3.63) is 28.8 Å². The monoisotopic (exact) mass is 340 g/mol. The minimum Gasteiger partial charge on any atom is -0.203 e. The zero-order chi connectivity index (χ0) is 17.9. The molecule has 24 heavy (non-hydrogen) atoms. The molecular weight excluding hydrogens is 336 g/mol. The lowest BCUT2D eigenvalue weighted by Crippen LogP contribution is -2.01. The Balaban J connectivity index is 2.83. The lowest BCUT2D eigenvalue weighted by Gasteiger charge is -2.06. The van der Waals surface area contributed by atoms with Crippen LogP contribution in [0.5, 0.6) is 0 Å². The maximum atomic E-state index is 13.5. The molecule has 0 fully saturated rings. The molecule has 0 radical (unpaired) electrons. The van der Waals surface area contributed by atoms with Gasteiger partial charge in [-0.2, -0.15) is 0 Å². The van der Waals surface area contributed by atoms with Crippen molar-refractivity contribution >= 4 is 11.8 Å². The second kappa shape index (κ2) is 9.62. The van der Waals surface area contributed by atoms with Gasteiger partial charge >= 0.3 is 0 Å². The molecule has 0 heterocycles. The highest BCUT2D eigenvalue weighted by Crippen LogP contribution is 2.30. The number of terminal acetylenes is 1. The van der Waals surface area contributed by atoms with Crippen LogP contribution in [0.2, 0.25) is 0 Å². The summed E-state index contributed by atoms with van der Waals surface area (Å²) < 4.78 is 53.7. The van der Waals surface area contributed by atoms with E-state index in [4.69, 9.17) is 6.42 Å². The van der Waals surface area contributed by atoms with Crippen molar-refractivity contribution in [2.75, 3.05) is 0 Å². The minimum atomic E-state index is -1.50. The fourth-order valence-electron chi connectivity index (χ4n) is 1.17. The Kier molecular flexibility index (Phi) is 7.50. The average molecular weight is 340 g/mol. The molecule has 1 rings (SSSR count). The molecule has 0 bridgehead atoms. The molecule has 0 saturated carbocycles. The fourth-order valence-corrected chi connectivity index (χ4v) is 1.73. The third-order valence-electron chi connectivity index (χ3n) is 2.22. The Bertz CT molecular complexity index is 989. The highest BCUT2D eigenvalue weighted by atomic mass is 32.2. The summed E-state index contributed by atoms with van der Waals surface area (Å²) in [6.45, 7) is 0.933. The van der Waals surface area contributed by atoms with E-state index in [1.54, 1.807) is 0 Å². The number of benzene rings is 1. The van der Waals surface area contributed by atoms with Gasteiger partial charge in [0.15, 0.2) is 23.3 Å². The van der Waals surface area contributed by atoms with Crippen molar-refractivity contribution in [2.45, 2.75) is 11.8 Å². The van der Waals surface area contributed by atoms with Gasteiger partial charge in [-0.05, 0) is 83.1 Å². The van der Waals surface area contributed by atoms with Crippen molar-refractivity contribution in [1.29, 1.82) is 0 Å². The van der Waals surface area contributed by atoms with Crippen LogP contribution in [0.1, 0.15) is 5.56 Å². The molecule has 0 amide bonds. The van der Waals surface area contributed by atoms with Crippen LogP contribution in [-0.2, 0) is 0 Å². The van der Waals surface area contributed by atoms with Gasteiger partial charge in [0, 0.05) is 5.56 Å². The summed E-state index contributed by atoms with van der Waals surface area (Å²) in [5.41, 5.74) is -0.731. The normalized spacial score (nSPS) is 7.50. The summed E-state index contributed by atoms with van der Waals surface area (Å²) in [6.07, 6.45) is 4.87. The lowest BCUT2D eigenvalue weighted by molar-refractivity contribution is 0.418. The number of rotatable bonds is 1. The molecule has 0 nitrogen and oxygen atoms in total. The van der Waals surface area contributed by atoms with Crippen LogP contribution in [0.15, 0.2) is 4.90 Å². The van der Waals surface area contributed by atoms with E-state index in [0.717, 1.165) is 6.92 Å². The van der Waals surface area contributed by atoms with Gasteiger partial charge in [0.05, 0.1) is 4.90 Å². The first-order valence-corrected chi connectivity index (χ1v) is 6.77. The molecule has 0 aliphatic rings. The molecule has 0 aliphatic heterocycles. The third-order valence-corrected chi connectivity index (χ3v) is 2.99. The summed E-state index contributed by atoms with van der Waals surface area (Å²) in [5.74, 6) is 16.9. The number of thioether (sulfide) groups is 1. The van der Waals surface area contributed by atoms with E-state index in [-0.39, 0.29) is 11.8 Å². The SMILES string of the molecule is C#CC#CC#CC#CC#CC#CSc1c(F)c(F)c(C)c(F)c1F. The highest BCUT2D eigenvalue weighted by molar-refractivity contribution is 8.04. The fraction of sp³-hybridized carbons (Fsp3) is 0.0526. The predicted molar refractivity (Wildman–Crippen MR) is 84.6 cm³/mol. The number of hydrogen-bond acceptors (Lipinski definition) is 1. The lowest BCUT2D eigenvalue weighted by atomic mass is 10.2. The molecule has 1 aromatic rings. The van der Waals surface area contributed by atoms with Gasteiger partial charge < -0.3 is 0 Å². The second-order valence-electron chi connectivity index (χ2n) is 3.68. The van der Waals surface area contributed by atoms with Gasteiger partial charge in [0.25, 0.3) is 0 Å². The second-order valence-corrected chi connectivity index (χ2v) is 4.50. The van der Waals surface area contributed by atoms with E-state index in [9.17, 15) is 17.6 Å². The molecule has 0 saturated heterocycles. The summed E-state index contributed by atoms with van der Waals surface area (Å²) in [5, 5.41) is 2.21. The van der Waals surface area contributed by atoms with Crippen LogP contribution in [-0.4, -0.2) is 0 Å². The third kappa shape index (κ3) is 5.13. The zero-order valence-electron chi connectivity index (χ0n) is 12.0. The molecule has 0 spiro atoms. The molecule has 1 aromatic carbocycles. The van der Waals surface area contributed by atoms with Gasteiger partial charge in [-0.15, -0.1) is 6.42 Å². The van der Waals surface area contributed by atoms with Crippen molar-refractivity contribution in [3.63, 3.8) is 0 Å². The summed E-state index contributed by atoms with van der Waals surface area (Å²) in [7, 11) is 0. The largest absolute Gasteiger partial charge is 0.203 e. The Morgan fingerprint density at radius 1 is 0.667 bits per heavy atom. The van der Waals surface area contributed by atoms with Crippen molar-refractivity contribution in [2.24, 2.45) is 0 Å². The van der Waals surface area contributed by atoms with Gasteiger partial charge in [-0.25, -0.2) is 17.6 Å². The Morgan fingerprint density at radius 2 is 1.08 bits per heavy atom. The van der Waals surface area contributed by atoms with E-state index in [0.29, 0.717) is 0 Å².